The van der Waals surface area contributed by atoms with Gasteiger partial charge < -0.3 is 15.0 Å². The maximum absolute atomic E-state index is 12.3. The molecule has 0 spiro atoms. The Labute approximate surface area is 142 Å². The van der Waals surface area contributed by atoms with Gasteiger partial charge in [0.1, 0.15) is 0 Å². The van der Waals surface area contributed by atoms with Crippen LogP contribution in [0.2, 0.25) is 0 Å². The number of nitrogens with one attached hydrogen (secondary N) is 1. The number of rotatable bonds is 10. The Morgan fingerprint density at radius 1 is 1.43 bits per heavy atom. The van der Waals surface area contributed by atoms with Gasteiger partial charge in [0.25, 0.3) is 0 Å². The molecular formula is C16H27N3O3S. The zero-order chi connectivity index (χ0) is 17.2. The largest absolute Gasteiger partial charge is 0.382 e. The Bertz CT molecular complexity index is 503. The molecule has 0 radical (unpaired) electrons. The van der Waals surface area contributed by atoms with Crippen molar-refractivity contribution in [3.63, 3.8) is 0 Å². The zero-order valence-corrected chi connectivity index (χ0v) is 15.2. The van der Waals surface area contributed by atoms with E-state index in [0.29, 0.717) is 31.3 Å². The van der Waals surface area contributed by atoms with Crippen molar-refractivity contribution in [2.45, 2.75) is 40.5 Å². The molecule has 0 aliphatic rings. The second kappa shape index (κ2) is 10.3. The molecule has 23 heavy (non-hydrogen) atoms. The lowest BCUT2D eigenvalue weighted by molar-refractivity contribution is -0.135. The molecule has 0 aliphatic heterocycles. The molecule has 0 fully saturated rings. The van der Waals surface area contributed by atoms with Crippen LogP contribution in [0.15, 0.2) is 5.38 Å². The molecule has 7 heteroatoms. The highest BCUT2D eigenvalue weighted by Crippen LogP contribution is 2.14. The fourth-order valence-electron chi connectivity index (χ4n) is 2.02. The molecular weight excluding hydrogens is 314 g/mol. The number of aromatic nitrogens is 1. The van der Waals surface area contributed by atoms with E-state index in [1.807, 2.05) is 33.1 Å². The molecule has 1 rings (SSSR count). The van der Waals surface area contributed by atoms with Gasteiger partial charge >= 0.3 is 0 Å². The molecule has 0 saturated carbocycles. The van der Waals surface area contributed by atoms with Gasteiger partial charge in [-0.2, -0.15) is 0 Å². The summed E-state index contributed by atoms with van der Waals surface area (Å²) in [6.45, 7) is 9.62. The number of thiazole rings is 1. The maximum atomic E-state index is 12.3. The Morgan fingerprint density at radius 3 is 2.74 bits per heavy atom. The highest BCUT2D eigenvalue weighted by Gasteiger charge is 2.18. The Balaban J connectivity index is 2.55. The van der Waals surface area contributed by atoms with Gasteiger partial charge in [0, 0.05) is 31.6 Å². The van der Waals surface area contributed by atoms with Crippen LogP contribution in [0.25, 0.3) is 0 Å². The summed E-state index contributed by atoms with van der Waals surface area (Å²) >= 11 is 1.38. The van der Waals surface area contributed by atoms with E-state index in [2.05, 4.69) is 10.3 Å². The first-order chi connectivity index (χ1) is 10.9. The van der Waals surface area contributed by atoms with Crippen molar-refractivity contribution < 1.29 is 14.3 Å². The van der Waals surface area contributed by atoms with Crippen molar-refractivity contribution in [1.29, 1.82) is 0 Å². The van der Waals surface area contributed by atoms with Crippen LogP contribution in [-0.4, -0.2) is 48.0 Å². The van der Waals surface area contributed by atoms with Gasteiger partial charge in [-0.1, -0.05) is 13.8 Å². The van der Waals surface area contributed by atoms with Crippen LogP contribution >= 0.6 is 11.3 Å². The number of amides is 2. The number of carbonyl (C=O) groups excluding carboxylic acids is 2. The third kappa shape index (κ3) is 8.08. The minimum Gasteiger partial charge on any atom is -0.382 e. The van der Waals surface area contributed by atoms with Gasteiger partial charge in [0.05, 0.1) is 12.2 Å². The molecule has 130 valence electrons. The highest BCUT2D eigenvalue weighted by atomic mass is 32.1. The van der Waals surface area contributed by atoms with E-state index in [4.69, 9.17) is 4.74 Å². The van der Waals surface area contributed by atoms with E-state index in [0.717, 1.165) is 12.1 Å². The standard InChI is InChI=1S/C16H27N3O3S/c1-5-22-8-6-7-19(15(21)9-12(2)3)10-14(20)18-16-17-13(4)11-23-16/h11-12H,5-10H2,1-4H3,(H,17,18,20). The van der Waals surface area contributed by atoms with E-state index in [9.17, 15) is 9.59 Å². The molecule has 0 unspecified atom stereocenters. The Morgan fingerprint density at radius 2 is 2.17 bits per heavy atom. The molecule has 0 atom stereocenters. The fourth-order valence-corrected chi connectivity index (χ4v) is 2.72. The second-order valence-electron chi connectivity index (χ2n) is 5.81. The molecule has 1 aromatic heterocycles. The summed E-state index contributed by atoms with van der Waals surface area (Å²) < 4.78 is 5.30. The summed E-state index contributed by atoms with van der Waals surface area (Å²) in [6.07, 6.45) is 1.17. The van der Waals surface area contributed by atoms with Gasteiger partial charge in [-0.15, -0.1) is 11.3 Å². The van der Waals surface area contributed by atoms with Gasteiger partial charge in [0.15, 0.2) is 5.13 Å². The quantitative estimate of drug-likeness (QED) is 0.664. The summed E-state index contributed by atoms with van der Waals surface area (Å²) in [5.41, 5.74) is 0.870. The first kappa shape index (κ1) is 19.6. The number of nitrogens with zero attached hydrogens (tertiary/aromatic N) is 2. The Kier molecular flexibility index (Phi) is 8.79. The molecule has 1 N–H and O–H groups in total. The summed E-state index contributed by atoms with van der Waals surface area (Å²) in [5, 5.41) is 5.19. The molecule has 0 bridgehead atoms. The first-order valence-electron chi connectivity index (χ1n) is 7.99. The van der Waals surface area contributed by atoms with E-state index in [-0.39, 0.29) is 24.3 Å². The van der Waals surface area contributed by atoms with Gasteiger partial charge in [-0.25, -0.2) is 4.98 Å². The predicted molar refractivity (Wildman–Crippen MR) is 92.6 cm³/mol. The Hall–Kier alpha value is -1.47. The first-order valence-corrected chi connectivity index (χ1v) is 8.87. The van der Waals surface area contributed by atoms with E-state index < -0.39 is 0 Å². The van der Waals surface area contributed by atoms with Crippen LogP contribution in [-0.2, 0) is 14.3 Å². The average Bonchev–Trinajstić information content (AvgIpc) is 2.86. The minimum atomic E-state index is -0.215. The van der Waals surface area contributed by atoms with Crippen molar-refractivity contribution in [2.24, 2.45) is 5.92 Å². The summed E-state index contributed by atoms with van der Waals surface area (Å²) in [6, 6.07) is 0. The lowest BCUT2D eigenvalue weighted by Crippen LogP contribution is -2.39. The van der Waals surface area contributed by atoms with Crippen LogP contribution in [0.1, 0.15) is 39.3 Å². The van der Waals surface area contributed by atoms with Crippen LogP contribution in [0.4, 0.5) is 5.13 Å². The van der Waals surface area contributed by atoms with Gasteiger partial charge in [0.2, 0.25) is 11.8 Å². The topological polar surface area (TPSA) is 71.5 Å². The summed E-state index contributed by atoms with van der Waals surface area (Å²) in [5.74, 6) is 0.0522. The maximum Gasteiger partial charge on any atom is 0.245 e. The normalized spacial score (nSPS) is 10.8. The lowest BCUT2D eigenvalue weighted by Gasteiger charge is -2.23. The smallest absolute Gasteiger partial charge is 0.245 e. The third-order valence-electron chi connectivity index (χ3n) is 3.06. The number of hydrogen-bond acceptors (Lipinski definition) is 5. The second-order valence-corrected chi connectivity index (χ2v) is 6.66. The lowest BCUT2D eigenvalue weighted by atomic mass is 10.1. The molecule has 6 nitrogen and oxygen atoms in total. The van der Waals surface area contributed by atoms with Crippen molar-refractivity contribution in [3.05, 3.63) is 11.1 Å². The van der Waals surface area contributed by atoms with E-state index >= 15 is 0 Å². The fraction of sp³-hybridized carbons (Fsp3) is 0.688. The van der Waals surface area contributed by atoms with Crippen molar-refractivity contribution in [1.82, 2.24) is 9.88 Å². The number of aryl methyl sites for hydroxylation is 1. The number of anilines is 1. The average molecular weight is 341 g/mol. The summed E-state index contributed by atoms with van der Waals surface area (Å²) in [7, 11) is 0. The van der Waals surface area contributed by atoms with Crippen LogP contribution in [0.3, 0.4) is 0 Å². The van der Waals surface area contributed by atoms with Crippen molar-refractivity contribution in [2.75, 3.05) is 31.6 Å². The van der Waals surface area contributed by atoms with E-state index in [1.54, 1.807) is 4.90 Å². The SMILES string of the molecule is CCOCCCN(CC(=O)Nc1nc(C)cs1)C(=O)CC(C)C. The molecule has 1 aromatic rings. The monoisotopic (exact) mass is 341 g/mol. The molecule has 0 saturated heterocycles. The van der Waals surface area contributed by atoms with Crippen LogP contribution in [0.5, 0.6) is 0 Å². The highest BCUT2D eigenvalue weighted by molar-refractivity contribution is 7.13. The molecule has 0 aromatic carbocycles. The summed E-state index contributed by atoms with van der Waals surface area (Å²) in [4.78, 5) is 30.2. The van der Waals surface area contributed by atoms with Crippen molar-refractivity contribution in [3.8, 4) is 0 Å². The number of ether oxygens (including phenoxy) is 1. The number of hydrogen-bond donors (Lipinski definition) is 1. The zero-order valence-electron chi connectivity index (χ0n) is 14.4. The van der Waals surface area contributed by atoms with Gasteiger partial charge in [-0.3, -0.25) is 9.59 Å². The molecule has 2 amide bonds. The number of carbonyl (C=O) groups is 2. The molecule has 0 aliphatic carbocycles. The predicted octanol–water partition coefficient (Wildman–Crippen LogP) is 2.69. The van der Waals surface area contributed by atoms with Gasteiger partial charge in [-0.05, 0) is 26.2 Å². The van der Waals surface area contributed by atoms with Crippen molar-refractivity contribution >= 4 is 28.3 Å². The minimum absolute atomic E-state index is 0.00182. The third-order valence-corrected chi connectivity index (χ3v) is 3.93. The van der Waals surface area contributed by atoms with E-state index in [1.165, 1.54) is 11.3 Å². The molecule has 1 heterocycles. The van der Waals surface area contributed by atoms with Crippen LogP contribution in [0, 0.1) is 12.8 Å². The van der Waals surface area contributed by atoms with Crippen LogP contribution < -0.4 is 5.32 Å².